The van der Waals surface area contributed by atoms with Crippen LogP contribution >= 0.6 is 0 Å². The number of alkyl halides is 3. The summed E-state index contributed by atoms with van der Waals surface area (Å²) >= 11 is 0. The van der Waals surface area contributed by atoms with E-state index in [0.717, 1.165) is 17.7 Å². The first-order chi connectivity index (χ1) is 10.8. The molecule has 120 valence electrons. The molecule has 0 radical (unpaired) electrons. The molecular weight excluding hydrogens is 301 g/mol. The second-order valence-electron chi connectivity index (χ2n) is 5.46. The number of allylic oxidation sites excluding steroid dienone is 1. The number of rotatable bonds is 5. The fourth-order valence-electron chi connectivity index (χ4n) is 2.31. The van der Waals surface area contributed by atoms with Gasteiger partial charge in [-0.25, -0.2) is 0 Å². The lowest BCUT2D eigenvalue weighted by molar-refractivity contribution is -0.137. The number of aryl methyl sites for hydroxylation is 1. The molecule has 0 fully saturated rings. The fraction of sp³-hybridized carbons (Fsp3) is 0.211. The Kier molecular flexibility index (Phi) is 5.04. The van der Waals surface area contributed by atoms with E-state index in [4.69, 9.17) is 0 Å². The molecule has 0 saturated heterocycles. The molecule has 0 amide bonds. The van der Waals surface area contributed by atoms with Gasteiger partial charge in [0.1, 0.15) is 0 Å². The van der Waals surface area contributed by atoms with Crippen molar-refractivity contribution in [2.45, 2.75) is 25.4 Å². The van der Waals surface area contributed by atoms with Crippen molar-refractivity contribution in [3.63, 3.8) is 0 Å². The number of halogens is 3. The summed E-state index contributed by atoms with van der Waals surface area (Å²) < 4.78 is 37.8. The molecule has 0 aromatic heterocycles. The maximum Gasteiger partial charge on any atom is 0.416 e. The van der Waals surface area contributed by atoms with Crippen LogP contribution in [0.15, 0.2) is 61.2 Å². The molecule has 2 aromatic carbocycles. The molecule has 2 aromatic rings. The molecule has 1 atom stereocenters. The first kappa shape index (κ1) is 17.0. The zero-order valence-electron chi connectivity index (χ0n) is 12.7. The van der Waals surface area contributed by atoms with E-state index in [1.807, 2.05) is 19.1 Å². The van der Waals surface area contributed by atoms with Gasteiger partial charge in [0.25, 0.3) is 0 Å². The lowest BCUT2D eigenvalue weighted by Gasteiger charge is -2.14. The van der Waals surface area contributed by atoms with Gasteiger partial charge in [-0.15, -0.1) is 6.58 Å². The first-order valence-electron chi connectivity index (χ1n) is 7.21. The molecule has 4 heteroatoms. The summed E-state index contributed by atoms with van der Waals surface area (Å²) in [6, 6.07) is 12.1. The molecule has 0 spiro atoms. The van der Waals surface area contributed by atoms with Crippen molar-refractivity contribution in [2.75, 3.05) is 0 Å². The van der Waals surface area contributed by atoms with E-state index in [1.165, 1.54) is 12.1 Å². The fourth-order valence-corrected chi connectivity index (χ4v) is 2.31. The molecule has 23 heavy (non-hydrogen) atoms. The van der Waals surface area contributed by atoms with Gasteiger partial charge in [-0.2, -0.15) is 13.2 Å². The number of hydrogen-bond donors (Lipinski definition) is 0. The van der Waals surface area contributed by atoms with Crippen LogP contribution in [0.2, 0.25) is 0 Å². The summed E-state index contributed by atoms with van der Waals surface area (Å²) in [5, 5.41) is 0. The normalized spacial score (nSPS) is 12.7. The maximum atomic E-state index is 12.6. The van der Waals surface area contributed by atoms with Crippen molar-refractivity contribution < 1.29 is 18.0 Å². The number of carbonyl (C=O) groups is 1. The summed E-state index contributed by atoms with van der Waals surface area (Å²) in [7, 11) is 0. The second kappa shape index (κ2) is 6.82. The molecule has 0 unspecified atom stereocenters. The van der Waals surface area contributed by atoms with Crippen LogP contribution in [0, 0.1) is 6.92 Å². The number of benzene rings is 2. The minimum atomic E-state index is -4.36. The monoisotopic (exact) mass is 318 g/mol. The summed E-state index contributed by atoms with van der Waals surface area (Å²) in [5.74, 6) is -0.374. The molecule has 0 N–H and O–H groups in total. The molecule has 0 aliphatic rings. The Morgan fingerprint density at radius 2 is 1.65 bits per heavy atom. The third-order valence-corrected chi connectivity index (χ3v) is 3.73. The van der Waals surface area contributed by atoms with Crippen molar-refractivity contribution >= 4 is 5.78 Å². The molecule has 0 bridgehead atoms. The average molecular weight is 318 g/mol. The van der Waals surface area contributed by atoms with Crippen LogP contribution in [-0.2, 0) is 6.18 Å². The topological polar surface area (TPSA) is 17.1 Å². The number of Topliss-reactive ketones (excluding diaryl/α,β-unsaturated/α-hetero) is 1. The van der Waals surface area contributed by atoms with E-state index in [0.29, 0.717) is 11.1 Å². The van der Waals surface area contributed by atoms with Crippen LogP contribution in [0.5, 0.6) is 0 Å². The molecule has 0 aliphatic carbocycles. The lowest BCUT2D eigenvalue weighted by Crippen LogP contribution is -2.08. The van der Waals surface area contributed by atoms with Crippen LogP contribution < -0.4 is 0 Å². The van der Waals surface area contributed by atoms with Crippen LogP contribution in [0.25, 0.3) is 0 Å². The molecule has 1 nitrogen and oxygen atoms in total. The Balaban J connectivity index is 2.15. The van der Waals surface area contributed by atoms with E-state index >= 15 is 0 Å². The highest BCUT2D eigenvalue weighted by molar-refractivity contribution is 5.96. The average Bonchev–Trinajstić information content (AvgIpc) is 2.52. The van der Waals surface area contributed by atoms with Crippen LogP contribution in [0.1, 0.15) is 39.4 Å². The quantitative estimate of drug-likeness (QED) is 0.521. The lowest BCUT2D eigenvalue weighted by atomic mass is 9.91. The molecular formula is C19H17F3O. The zero-order chi connectivity index (χ0) is 17.0. The van der Waals surface area contributed by atoms with Gasteiger partial charge >= 0.3 is 6.18 Å². The van der Waals surface area contributed by atoms with E-state index in [2.05, 4.69) is 6.58 Å². The summed E-state index contributed by atoms with van der Waals surface area (Å²) in [4.78, 5) is 12.3. The molecule has 0 heterocycles. The van der Waals surface area contributed by atoms with E-state index in [-0.39, 0.29) is 18.1 Å². The highest BCUT2D eigenvalue weighted by Gasteiger charge is 2.30. The van der Waals surface area contributed by atoms with Gasteiger partial charge in [0.05, 0.1) is 5.56 Å². The number of carbonyl (C=O) groups excluding carboxylic acids is 1. The molecule has 0 aliphatic heterocycles. The summed E-state index contributed by atoms with van der Waals surface area (Å²) in [6.07, 6.45) is -2.59. The first-order valence-corrected chi connectivity index (χ1v) is 7.21. The van der Waals surface area contributed by atoms with Gasteiger partial charge in [0.15, 0.2) is 5.78 Å². The SMILES string of the molecule is C=C[C@H](CC(=O)c1ccc(C)cc1)c1ccc(C(F)(F)F)cc1. The third kappa shape index (κ3) is 4.31. The summed E-state index contributed by atoms with van der Waals surface area (Å²) in [5.41, 5.74) is 1.60. The minimum absolute atomic E-state index is 0.0604. The van der Waals surface area contributed by atoms with Crippen molar-refractivity contribution in [2.24, 2.45) is 0 Å². The van der Waals surface area contributed by atoms with E-state index < -0.39 is 11.7 Å². The summed E-state index contributed by atoms with van der Waals surface area (Å²) in [6.45, 7) is 5.63. The number of hydrogen-bond acceptors (Lipinski definition) is 1. The van der Waals surface area contributed by atoms with Gasteiger partial charge < -0.3 is 0 Å². The smallest absolute Gasteiger partial charge is 0.294 e. The Morgan fingerprint density at radius 3 is 2.13 bits per heavy atom. The van der Waals surface area contributed by atoms with Crippen molar-refractivity contribution in [3.05, 3.63) is 83.4 Å². The van der Waals surface area contributed by atoms with Crippen molar-refractivity contribution in [1.29, 1.82) is 0 Å². The third-order valence-electron chi connectivity index (χ3n) is 3.73. The van der Waals surface area contributed by atoms with Gasteiger partial charge in [-0.05, 0) is 24.6 Å². The van der Waals surface area contributed by atoms with E-state index in [9.17, 15) is 18.0 Å². The van der Waals surface area contributed by atoms with Crippen molar-refractivity contribution in [3.8, 4) is 0 Å². The van der Waals surface area contributed by atoms with Crippen LogP contribution in [0.3, 0.4) is 0 Å². The highest BCUT2D eigenvalue weighted by Crippen LogP contribution is 2.31. The van der Waals surface area contributed by atoms with Crippen LogP contribution in [0.4, 0.5) is 13.2 Å². The van der Waals surface area contributed by atoms with Crippen LogP contribution in [-0.4, -0.2) is 5.78 Å². The predicted molar refractivity (Wildman–Crippen MR) is 84.5 cm³/mol. The second-order valence-corrected chi connectivity index (χ2v) is 5.46. The highest BCUT2D eigenvalue weighted by atomic mass is 19.4. The van der Waals surface area contributed by atoms with Gasteiger partial charge in [0, 0.05) is 17.9 Å². The Bertz CT molecular complexity index is 682. The van der Waals surface area contributed by atoms with Crippen molar-refractivity contribution in [1.82, 2.24) is 0 Å². The predicted octanol–water partition coefficient (Wildman–Crippen LogP) is 5.56. The standard InChI is InChI=1S/C19H17F3O/c1-3-14(12-18(23)16-6-4-13(2)5-7-16)15-8-10-17(11-9-15)19(20,21)22/h3-11,14H,1,12H2,2H3/t14-/m1/s1. The number of ketones is 1. The molecule has 0 saturated carbocycles. The Hall–Kier alpha value is -2.36. The van der Waals surface area contributed by atoms with Gasteiger partial charge in [-0.1, -0.05) is 48.0 Å². The largest absolute Gasteiger partial charge is 0.416 e. The van der Waals surface area contributed by atoms with Gasteiger partial charge in [-0.3, -0.25) is 4.79 Å². The molecule has 2 rings (SSSR count). The minimum Gasteiger partial charge on any atom is -0.294 e. The maximum absolute atomic E-state index is 12.6. The zero-order valence-corrected chi connectivity index (χ0v) is 12.7. The van der Waals surface area contributed by atoms with E-state index in [1.54, 1.807) is 18.2 Å². The van der Waals surface area contributed by atoms with Gasteiger partial charge in [0.2, 0.25) is 0 Å². The Labute approximate surface area is 133 Å². The Morgan fingerprint density at radius 1 is 1.09 bits per heavy atom.